The number of halogens is 2. The molecule has 0 spiro atoms. The van der Waals surface area contributed by atoms with Gasteiger partial charge in [0.25, 0.3) is 0 Å². The summed E-state index contributed by atoms with van der Waals surface area (Å²) in [4.78, 5) is 23.1. The van der Waals surface area contributed by atoms with Crippen molar-refractivity contribution in [3.8, 4) is 0 Å². The van der Waals surface area contributed by atoms with E-state index in [9.17, 15) is 9.59 Å². The predicted octanol–water partition coefficient (Wildman–Crippen LogP) is 2.28. The largest absolute Gasteiger partial charge is 0.350 e. The van der Waals surface area contributed by atoms with Gasteiger partial charge < -0.3 is 10.6 Å². The zero-order valence-corrected chi connectivity index (χ0v) is 11.7. The van der Waals surface area contributed by atoms with Crippen molar-refractivity contribution < 1.29 is 9.59 Å². The summed E-state index contributed by atoms with van der Waals surface area (Å²) in [7, 11) is 0. The molecule has 1 saturated heterocycles. The van der Waals surface area contributed by atoms with Gasteiger partial charge in [0, 0.05) is 23.0 Å². The average Bonchev–Trinajstić information content (AvgIpc) is 2.39. The van der Waals surface area contributed by atoms with Crippen LogP contribution in [0.4, 0.5) is 0 Å². The summed E-state index contributed by atoms with van der Waals surface area (Å²) in [5.74, 6) is -0.267. The number of amides is 2. The summed E-state index contributed by atoms with van der Waals surface area (Å²) in [5.41, 5.74) is 0.754. The Bertz CT molecular complexity index is 505. The molecular weight excluding hydrogens is 287 g/mol. The Labute approximate surface area is 121 Å². The summed E-state index contributed by atoms with van der Waals surface area (Å²) in [6.45, 7) is 0.296. The zero-order chi connectivity index (χ0) is 13.8. The van der Waals surface area contributed by atoms with E-state index in [2.05, 4.69) is 10.6 Å². The van der Waals surface area contributed by atoms with Crippen molar-refractivity contribution in [1.29, 1.82) is 0 Å². The molecule has 102 valence electrons. The lowest BCUT2D eigenvalue weighted by molar-refractivity contribution is -0.131. The molecular formula is C13H14Cl2N2O2. The molecule has 1 aliphatic heterocycles. The van der Waals surface area contributed by atoms with Gasteiger partial charge in [0.05, 0.1) is 0 Å². The third-order valence-electron chi connectivity index (χ3n) is 3.01. The zero-order valence-electron chi connectivity index (χ0n) is 10.2. The minimum Gasteiger partial charge on any atom is -0.350 e. The van der Waals surface area contributed by atoms with E-state index in [-0.39, 0.29) is 11.8 Å². The molecule has 2 amide bonds. The van der Waals surface area contributed by atoms with Gasteiger partial charge in [0.1, 0.15) is 6.04 Å². The molecule has 2 rings (SSSR count). The smallest absolute Gasteiger partial charge is 0.242 e. The number of nitrogens with one attached hydrogen (secondary N) is 2. The fourth-order valence-corrected chi connectivity index (χ4v) is 2.37. The van der Waals surface area contributed by atoms with Crippen LogP contribution in [0.2, 0.25) is 10.0 Å². The Morgan fingerprint density at radius 2 is 2.21 bits per heavy atom. The maximum atomic E-state index is 11.9. The van der Waals surface area contributed by atoms with Crippen molar-refractivity contribution in [2.24, 2.45) is 0 Å². The van der Waals surface area contributed by atoms with Crippen LogP contribution in [0.25, 0.3) is 0 Å². The molecule has 0 unspecified atom stereocenters. The van der Waals surface area contributed by atoms with E-state index in [1.807, 2.05) is 0 Å². The van der Waals surface area contributed by atoms with Gasteiger partial charge in [0.2, 0.25) is 11.8 Å². The molecule has 1 aliphatic rings. The summed E-state index contributed by atoms with van der Waals surface area (Å²) in [5, 5.41) is 6.55. The maximum Gasteiger partial charge on any atom is 0.242 e. The molecule has 19 heavy (non-hydrogen) atoms. The Morgan fingerprint density at radius 3 is 2.95 bits per heavy atom. The molecule has 0 aromatic heterocycles. The van der Waals surface area contributed by atoms with Crippen LogP contribution in [0.15, 0.2) is 18.2 Å². The van der Waals surface area contributed by atoms with Gasteiger partial charge in [-0.05, 0) is 36.6 Å². The first-order valence-corrected chi connectivity index (χ1v) is 6.83. The minimum atomic E-state index is -0.445. The molecule has 1 heterocycles. The van der Waals surface area contributed by atoms with Gasteiger partial charge >= 0.3 is 0 Å². The number of rotatable bonds is 3. The van der Waals surface area contributed by atoms with Crippen molar-refractivity contribution in [1.82, 2.24) is 10.6 Å². The van der Waals surface area contributed by atoms with Crippen LogP contribution in [0, 0.1) is 0 Å². The summed E-state index contributed by atoms with van der Waals surface area (Å²) < 4.78 is 0. The van der Waals surface area contributed by atoms with Crippen LogP contribution in [-0.4, -0.2) is 17.9 Å². The standard InChI is InChI=1S/C13H14Cl2N2O2/c14-9-4-5-10(15)8(6-9)7-16-13(19)11-2-1-3-12(18)17-11/h4-6,11H,1-3,7H2,(H,16,19)(H,17,18)/t11-/m1/s1. The Hall–Kier alpha value is -1.26. The third-order valence-corrected chi connectivity index (χ3v) is 3.61. The monoisotopic (exact) mass is 300 g/mol. The molecule has 0 saturated carbocycles. The molecule has 0 aliphatic carbocycles. The van der Waals surface area contributed by atoms with Crippen molar-refractivity contribution in [3.63, 3.8) is 0 Å². The molecule has 2 N–H and O–H groups in total. The van der Waals surface area contributed by atoms with E-state index < -0.39 is 6.04 Å². The number of piperidine rings is 1. The fraction of sp³-hybridized carbons (Fsp3) is 0.385. The first-order valence-electron chi connectivity index (χ1n) is 6.07. The lowest BCUT2D eigenvalue weighted by atomic mass is 10.0. The van der Waals surface area contributed by atoms with Crippen molar-refractivity contribution in [3.05, 3.63) is 33.8 Å². The van der Waals surface area contributed by atoms with Crippen molar-refractivity contribution in [2.45, 2.75) is 31.8 Å². The lowest BCUT2D eigenvalue weighted by Crippen LogP contribution is -2.48. The van der Waals surface area contributed by atoms with Crippen LogP contribution in [0.5, 0.6) is 0 Å². The highest BCUT2D eigenvalue weighted by Gasteiger charge is 2.24. The molecule has 4 nitrogen and oxygen atoms in total. The van der Waals surface area contributed by atoms with E-state index in [0.29, 0.717) is 29.4 Å². The van der Waals surface area contributed by atoms with Gasteiger partial charge in [-0.3, -0.25) is 9.59 Å². The van der Waals surface area contributed by atoms with Crippen molar-refractivity contribution >= 4 is 35.0 Å². The second-order valence-electron chi connectivity index (χ2n) is 4.47. The SMILES string of the molecule is O=C1CCC[C@H](C(=O)NCc2cc(Cl)ccc2Cl)N1. The molecule has 1 atom stereocenters. The molecule has 0 radical (unpaired) electrons. The molecule has 1 aromatic rings. The summed E-state index contributed by atoms with van der Waals surface area (Å²) in [6.07, 6.45) is 1.90. The Morgan fingerprint density at radius 1 is 1.42 bits per heavy atom. The Kier molecular flexibility index (Phi) is 4.66. The van der Waals surface area contributed by atoms with Gasteiger partial charge in [-0.15, -0.1) is 0 Å². The average molecular weight is 301 g/mol. The quantitative estimate of drug-likeness (QED) is 0.900. The first kappa shape index (κ1) is 14.2. The highest BCUT2D eigenvalue weighted by atomic mass is 35.5. The van der Waals surface area contributed by atoms with E-state index in [1.54, 1.807) is 18.2 Å². The van der Waals surface area contributed by atoms with Crippen LogP contribution in [-0.2, 0) is 16.1 Å². The highest BCUT2D eigenvalue weighted by Crippen LogP contribution is 2.20. The fourth-order valence-electron chi connectivity index (χ4n) is 1.99. The topological polar surface area (TPSA) is 58.2 Å². The van der Waals surface area contributed by atoms with Gasteiger partial charge in [-0.2, -0.15) is 0 Å². The maximum absolute atomic E-state index is 11.9. The van der Waals surface area contributed by atoms with Gasteiger partial charge in [0.15, 0.2) is 0 Å². The van der Waals surface area contributed by atoms with Crippen molar-refractivity contribution in [2.75, 3.05) is 0 Å². The highest BCUT2D eigenvalue weighted by molar-refractivity contribution is 6.33. The van der Waals surface area contributed by atoms with E-state index in [4.69, 9.17) is 23.2 Å². The second kappa shape index (κ2) is 6.26. The van der Waals surface area contributed by atoms with Crippen LogP contribution in [0.1, 0.15) is 24.8 Å². The minimum absolute atomic E-state index is 0.0767. The number of benzene rings is 1. The second-order valence-corrected chi connectivity index (χ2v) is 5.31. The van der Waals surface area contributed by atoms with E-state index in [0.717, 1.165) is 12.0 Å². The first-order chi connectivity index (χ1) is 9.06. The van der Waals surface area contributed by atoms with Gasteiger partial charge in [-0.1, -0.05) is 23.2 Å². The number of hydrogen-bond acceptors (Lipinski definition) is 2. The van der Waals surface area contributed by atoms with E-state index >= 15 is 0 Å². The number of carbonyl (C=O) groups is 2. The van der Waals surface area contributed by atoms with Crippen LogP contribution < -0.4 is 10.6 Å². The predicted molar refractivity (Wildman–Crippen MR) is 74.1 cm³/mol. The molecule has 1 aromatic carbocycles. The van der Waals surface area contributed by atoms with Gasteiger partial charge in [-0.25, -0.2) is 0 Å². The molecule has 0 bridgehead atoms. The summed E-state index contributed by atoms with van der Waals surface area (Å²) in [6, 6.07) is 4.65. The number of hydrogen-bond donors (Lipinski definition) is 2. The normalized spacial score (nSPS) is 18.8. The molecule has 1 fully saturated rings. The Balaban J connectivity index is 1.92. The molecule has 6 heteroatoms. The van der Waals surface area contributed by atoms with Crippen LogP contribution in [0.3, 0.4) is 0 Å². The van der Waals surface area contributed by atoms with E-state index in [1.165, 1.54) is 0 Å². The van der Waals surface area contributed by atoms with Crippen LogP contribution >= 0.6 is 23.2 Å². The third kappa shape index (κ3) is 3.85. The lowest BCUT2D eigenvalue weighted by Gasteiger charge is -2.22. The summed E-state index contributed by atoms with van der Waals surface area (Å²) >= 11 is 11.9. The number of carbonyl (C=O) groups excluding carboxylic acids is 2.